The summed E-state index contributed by atoms with van der Waals surface area (Å²) in [7, 11) is 0. The van der Waals surface area contributed by atoms with Crippen molar-refractivity contribution in [1.29, 1.82) is 0 Å². The van der Waals surface area contributed by atoms with Crippen LogP contribution in [0.2, 0.25) is 0 Å². The third-order valence-electron chi connectivity index (χ3n) is 14.8. The highest BCUT2D eigenvalue weighted by molar-refractivity contribution is 6.16. The van der Waals surface area contributed by atoms with Gasteiger partial charge in [-0.3, -0.25) is 0 Å². The van der Waals surface area contributed by atoms with Gasteiger partial charge in [0, 0.05) is 33.3 Å². The van der Waals surface area contributed by atoms with Crippen LogP contribution in [-0.4, -0.2) is 4.57 Å². The molecule has 0 radical (unpaired) electrons. The van der Waals surface area contributed by atoms with Crippen molar-refractivity contribution in [2.75, 3.05) is 4.90 Å². The first kappa shape index (κ1) is 39.2. The van der Waals surface area contributed by atoms with E-state index in [2.05, 4.69) is 276 Å². The Bertz CT molecular complexity index is 3890. The number of aromatic nitrogens is 1. The lowest BCUT2D eigenvalue weighted by Crippen LogP contribution is -2.26. The standard InChI is InChI=1S/C67H44N2/c1-4-20-45(21-5-1)48-40-43-62(56(44-48)46-22-6-2-7-23-46)69(50-41-38-47(39-42-50)51-30-18-36-63-65(51)55-29-13-17-35-61(55)68(63)49-24-8-3-9-25-49)64-37-19-34-60-66(64)54-28-12-16-33-59(54)67(60)57-31-14-10-26-52(57)53-27-11-15-32-58(53)67/h1-44H. The second kappa shape index (κ2) is 15.6. The zero-order valence-corrected chi connectivity index (χ0v) is 37.8. The summed E-state index contributed by atoms with van der Waals surface area (Å²) in [5.74, 6) is 0. The Morgan fingerprint density at radius 1 is 0.304 bits per heavy atom. The zero-order chi connectivity index (χ0) is 45.5. The van der Waals surface area contributed by atoms with Crippen LogP contribution in [0.5, 0.6) is 0 Å². The van der Waals surface area contributed by atoms with Crippen molar-refractivity contribution in [3.05, 3.63) is 289 Å². The number of fused-ring (bicyclic) bond motifs is 13. The van der Waals surface area contributed by atoms with Gasteiger partial charge >= 0.3 is 0 Å². The van der Waals surface area contributed by atoms with Crippen LogP contribution in [0.1, 0.15) is 22.3 Å². The summed E-state index contributed by atoms with van der Waals surface area (Å²) in [6.45, 7) is 0. The van der Waals surface area contributed by atoms with Gasteiger partial charge in [0.15, 0.2) is 0 Å². The predicted molar refractivity (Wildman–Crippen MR) is 288 cm³/mol. The Labute approximate surface area is 402 Å². The third-order valence-corrected chi connectivity index (χ3v) is 14.8. The first-order valence-corrected chi connectivity index (χ1v) is 23.9. The molecule has 0 N–H and O–H groups in total. The number of anilines is 3. The molecule has 2 aliphatic rings. The van der Waals surface area contributed by atoms with Crippen LogP contribution < -0.4 is 4.90 Å². The topological polar surface area (TPSA) is 8.17 Å². The molecule has 0 amide bonds. The smallest absolute Gasteiger partial charge is 0.0726 e. The van der Waals surface area contributed by atoms with Gasteiger partial charge in [0.05, 0.1) is 27.8 Å². The normalized spacial score (nSPS) is 12.8. The molecule has 0 atom stereocenters. The lowest BCUT2D eigenvalue weighted by molar-refractivity contribution is 0.794. The minimum absolute atomic E-state index is 0.471. The number of nitrogens with zero attached hydrogens (tertiary/aromatic N) is 2. The predicted octanol–water partition coefficient (Wildman–Crippen LogP) is 17.6. The third kappa shape index (κ3) is 5.79. The summed E-state index contributed by atoms with van der Waals surface area (Å²) in [5.41, 5.74) is 23.9. The Balaban J connectivity index is 1.02. The molecule has 1 heterocycles. The maximum absolute atomic E-state index is 2.53. The first-order valence-electron chi connectivity index (χ1n) is 23.9. The fourth-order valence-corrected chi connectivity index (χ4v) is 12.0. The molecule has 0 unspecified atom stereocenters. The fraction of sp³-hybridized carbons (Fsp3) is 0.0149. The van der Waals surface area contributed by atoms with Gasteiger partial charge in [-0.05, 0) is 121 Å². The maximum Gasteiger partial charge on any atom is 0.0726 e. The van der Waals surface area contributed by atoms with Crippen LogP contribution >= 0.6 is 0 Å². The minimum Gasteiger partial charge on any atom is -0.309 e. The molecule has 11 aromatic carbocycles. The Morgan fingerprint density at radius 3 is 1.52 bits per heavy atom. The molecule has 1 spiro atoms. The van der Waals surface area contributed by atoms with Crippen molar-refractivity contribution in [3.63, 3.8) is 0 Å². The second-order valence-electron chi connectivity index (χ2n) is 18.3. The number of hydrogen-bond donors (Lipinski definition) is 0. The van der Waals surface area contributed by atoms with Crippen molar-refractivity contribution in [1.82, 2.24) is 4.57 Å². The van der Waals surface area contributed by atoms with E-state index in [-0.39, 0.29) is 0 Å². The fourth-order valence-electron chi connectivity index (χ4n) is 12.0. The van der Waals surface area contributed by atoms with Crippen LogP contribution in [0, 0.1) is 0 Å². The van der Waals surface area contributed by atoms with Crippen molar-refractivity contribution in [2.24, 2.45) is 0 Å². The van der Waals surface area contributed by atoms with E-state index in [0.717, 1.165) is 33.9 Å². The Hall–Kier alpha value is -8.98. The number of para-hydroxylation sites is 2. The molecule has 2 nitrogen and oxygen atoms in total. The number of hydrogen-bond acceptors (Lipinski definition) is 1. The van der Waals surface area contributed by atoms with Gasteiger partial charge in [0.2, 0.25) is 0 Å². The molecule has 0 fully saturated rings. The van der Waals surface area contributed by atoms with Gasteiger partial charge in [-0.1, -0.05) is 212 Å². The summed E-state index contributed by atoms with van der Waals surface area (Å²) in [5, 5.41) is 2.50. The minimum atomic E-state index is -0.471. The average molecular weight is 877 g/mol. The summed E-state index contributed by atoms with van der Waals surface area (Å²) in [6, 6.07) is 98.6. The van der Waals surface area contributed by atoms with E-state index in [1.807, 2.05) is 0 Å². The van der Waals surface area contributed by atoms with E-state index in [0.29, 0.717) is 0 Å². The second-order valence-corrected chi connectivity index (χ2v) is 18.3. The number of benzene rings is 11. The quantitative estimate of drug-likeness (QED) is 0.155. The van der Waals surface area contributed by atoms with Gasteiger partial charge < -0.3 is 9.47 Å². The highest BCUT2D eigenvalue weighted by Crippen LogP contribution is 2.65. The van der Waals surface area contributed by atoms with E-state index in [1.54, 1.807) is 0 Å². The molecule has 0 bridgehead atoms. The van der Waals surface area contributed by atoms with E-state index in [1.165, 1.54) is 88.6 Å². The molecule has 2 heteroatoms. The largest absolute Gasteiger partial charge is 0.309 e. The molecule has 1 aromatic heterocycles. The lowest BCUT2D eigenvalue weighted by atomic mass is 9.70. The Morgan fingerprint density at radius 2 is 0.812 bits per heavy atom. The summed E-state index contributed by atoms with van der Waals surface area (Å²) < 4.78 is 2.40. The lowest BCUT2D eigenvalue weighted by Gasteiger charge is -2.32. The summed E-state index contributed by atoms with van der Waals surface area (Å²) in [4.78, 5) is 2.53. The van der Waals surface area contributed by atoms with E-state index in [9.17, 15) is 0 Å². The van der Waals surface area contributed by atoms with Crippen LogP contribution in [0.15, 0.2) is 267 Å². The summed E-state index contributed by atoms with van der Waals surface area (Å²) in [6.07, 6.45) is 0. The van der Waals surface area contributed by atoms with Crippen molar-refractivity contribution >= 4 is 38.9 Å². The Kier molecular flexibility index (Phi) is 8.84. The molecule has 12 aromatic rings. The van der Waals surface area contributed by atoms with Gasteiger partial charge in [0.25, 0.3) is 0 Å². The molecular formula is C67H44N2. The number of rotatable bonds is 7. The first-order chi connectivity index (χ1) is 34.3. The van der Waals surface area contributed by atoms with Gasteiger partial charge in [-0.15, -0.1) is 0 Å². The maximum atomic E-state index is 2.53. The molecule has 0 aliphatic heterocycles. The van der Waals surface area contributed by atoms with E-state index in [4.69, 9.17) is 0 Å². The van der Waals surface area contributed by atoms with E-state index < -0.39 is 5.41 Å². The van der Waals surface area contributed by atoms with Crippen molar-refractivity contribution in [2.45, 2.75) is 5.41 Å². The highest BCUT2D eigenvalue weighted by Gasteiger charge is 2.52. The van der Waals surface area contributed by atoms with Crippen LogP contribution in [0.3, 0.4) is 0 Å². The molecule has 0 saturated carbocycles. The van der Waals surface area contributed by atoms with Crippen LogP contribution in [0.4, 0.5) is 17.1 Å². The SMILES string of the molecule is c1ccc(-c2ccc(N(c3ccc(-c4cccc5c4c4ccccc4n5-c4ccccc4)cc3)c3cccc4c3-c3ccccc3C43c4ccccc4-c4ccccc43)c(-c3ccccc3)c2)cc1. The van der Waals surface area contributed by atoms with Crippen molar-refractivity contribution in [3.8, 4) is 61.3 Å². The monoisotopic (exact) mass is 876 g/mol. The van der Waals surface area contributed by atoms with E-state index >= 15 is 0 Å². The van der Waals surface area contributed by atoms with Gasteiger partial charge in [0.1, 0.15) is 0 Å². The molecule has 69 heavy (non-hydrogen) atoms. The van der Waals surface area contributed by atoms with Crippen LogP contribution in [0.25, 0.3) is 83.1 Å². The highest BCUT2D eigenvalue weighted by atomic mass is 15.1. The van der Waals surface area contributed by atoms with Gasteiger partial charge in [-0.2, -0.15) is 0 Å². The molecule has 322 valence electrons. The van der Waals surface area contributed by atoms with Gasteiger partial charge in [-0.25, -0.2) is 0 Å². The summed E-state index contributed by atoms with van der Waals surface area (Å²) >= 11 is 0. The molecule has 14 rings (SSSR count). The zero-order valence-electron chi connectivity index (χ0n) is 37.8. The molecule has 2 aliphatic carbocycles. The van der Waals surface area contributed by atoms with Crippen LogP contribution in [-0.2, 0) is 5.41 Å². The molecular weight excluding hydrogens is 833 g/mol. The van der Waals surface area contributed by atoms with Crippen molar-refractivity contribution < 1.29 is 0 Å². The average Bonchev–Trinajstić information content (AvgIpc) is 4.04. The molecule has 0 saturated heterocycles.